The van der Waals surface area contributed by atoms with Gasteiger partial charge >= 0.3 is 0 Å². The van der Waals surface area contributed by atoms with E-state index in [0.29, 0.717) is 44.9 Å². The van der Waals surface area contributed by atoms with Crippen molar-refractivity contribution in [2.45, 2.75) is 6.92 Å². The first-order chi connectivity index (χ1) is 12.5. The summed E-state index contributed by atoms with van der Waals surface area (Å²) in [7, 11) is 4.64. The van der Waals surface area contributed by atoms with Gasteiger partial charge in [-0.3, -0.25) is 4.79 Å². The van der Waals surface area contributed by atoms with Crippen LogP contribution in [0.2, 0.25) is 0 Å². The summed E-state index contributed by atoms with van der Waals surface area (Å²) >= 11 is 0. The molecule has 0 bridgehead atoms. The predicted octanol–water partition coefficient (Wildman–Crippen LogP) is 4.09. The van der Waals surface area contributed by atoms with Gasteiger partial charge in [0.25, 0.3) is 0 Å². The highest BCUT2D eigenvalue weighted by Crippen LogP contribution is 2.55. The molecule has 4 rings (SSSR count). The highest BCUT2D eigenvalue weighted by atomic mass is 16.5. The third kappa shape index (κ3) is 1.94. The van der Waals surface area contributed by atoms with Crippen LogP contribution in [-0.4, -0.2) is 32.2 Å². The van der Waals surface area contributed by atoms with E-state index in [2.05, 4.69) is 0 Å². The van der Waals surface area contributed by atoms with Gasteiger partial charge in [0, 0.05) is 22.1 Å². The molecule has 0 aromatic heterocycles. The first-order valence-corrected chi connectivity index (χ1v) is 8.16. The molecule has 0 unspecified atom stereocenters. The fourth-order valence-corrected chi connectivity index (χ4v) is 3.83. The quantitative estimate of drug-likeness (QED) is 0.603. The van der Waals surface area contributed by atoms with Crippen molar-refractivity contribution in [2.24, 2.45) is 0 Å². The molecule has 0 saturated heterocycles. The molecule has 0 heterocycles. The Morgan fingerprint density at radius 1 is 0.885 bits per heavy atom. The lowest BCUT2D eigenvalue weighted by Crippen LogP contribution is -2.02. The molecule has 0 radical (unpaired) electrons. The van der Waals surface area contributed by atoms with Gasteiger partial charge in [0.15, 0.2) is 5.78 Å². The van der Waals surface area contributed by atoms with Gasteiger partial charge in [-0.2, -0.15) is 0 Å². The Hall–Kier alpha value is -3.21. The number of aryl methyl sites for hydroxylation is 1. The van der Waals surface area contributed by atoms with E-state index < -0.39 is 0 Å². The van der Waals surface area contributed by atoms with Crippen molar-refractivity contribution in [3.63, 3.8) is 0 Å². The van der Waals surface area contributed by atoms with E-state index in [4.69, 9.17) is 14.2 Å². The number of methoxy groups -OCH3 is 3. The summed E-state index contributed by atoms with van der Waals surface area (Å²) in [6, 6.07) is 8.96. The molecule has 0 atom stereocenters. The molecule has 132 valence electrons. The van der Waals surface area contributed by atoms with Crippen LogP contribution in [0.3, 0.4) is 0 Å². The van der Waals surface area contributed by atoms with Crippen LogP contribution in [-0.2, 0) is 0 Å². The maximum absolute atomic E-state index is 13.2. The first-order valence-electron chi connectivity index (χ1n) is 8.16. The van der Waals surface area contributed by atoms with Crippen molar-refractivity contribution in [1.29, 1.82) is 0 Å². The van der Waals surface area contributed by atoms with E-state index in [1.165, 1.54) is 7.11 Å². The van der Waals surface area contributed by atoms with Gasteiger partial charge in [-0.15, -0.1) is 0 Å². The van der Waals surface area contributed by atoms with Gasteiger partial charge in [-0.1, -0.05) is 12.1 Å². The Labute approximate surface area is 150 Å². The largest absolute Gasteiger partial charge is 0.507 e. The SMILES string of the molecule is COc1c2c(c(OC)c3c(OC)cccc13)C(=O)c1cc(C)cc(O)c1-2. The van der Waals surface area contributed by atoms with E-state index in [1.807, 2.05) is 25.1 Å². The number of aromatic hydroxyl groups is 1. The van der Waals surface area contributed by atoms with E-state index in [-0.39, 0.29) is 11.5 Å². The minimum Gasteiger partial charge on any atom is -0.507 e. The molecule has 0 fully saturated rings. The number of carbonyl (C=O) groups is 1. The van der Waals surface area contributed by atoms with Gasteiger partial charge < -0.3 is 19.3 Å². The molecule has 5 nitrogen and oxygen atoms in total. The fraction of sp³-hybridized carbons (Fsp3) is 0.190. The van der Waals surface area contributed by atoms with Crippen LogP contribution in [0, 0.1) is 6.92 Å². The zero-order valence-electron chi connectivity index (χ0n) is 15.0. The van der Waals surface area contributed by atoms with Crippen LogP contribution in [0.4, 0.5) is 0 Å². The number of phenolic OH excluding ortho intramolecular Hbond substituents is 1. The van der Waals surface area contributed by atoms with E-state index in [0.717, 1.165) is 10.9 Å². The lowest BCUT2D eigenvalue weighted by atomic mass is 9.96. The zero-order chi connectivity index (χ0) is 18.6. The summed E-state index contributed by atoms with van der Waals surface area (Å²) < 4.78 is 16.8. The van der Waals surface area contributed by atoms with Crippen molar-refractivity contribution in [2.75, 3.05) is 21.3 Å². The highest BCUT2D eigenvalue weighted by Gasteiger charge is 2.37. The monoisotopic (exact) mass is 350 g/mol. The standard InChI is InChI=1S/C21H18O5/c1-10-8-12-15(13(22)9-10)17-18(19(12)23)21(26-4)16-11(20(17)25-3)6-5-7-14(16)24-2/h5-9,22H,1-4H3. The number of ether oxygens (including phenoxy) is 3. The Morgan fingerprint density at radius 3 is 2.27 bits per heavy atom. The molecule has 26 heavy (non-hydrogen) atoms. The number of carbonyl (C=O) groups excluding carboxylic acids is 1. The predicted molar refractivity (Wildman–Crippen MR) is 98.9 cm³/mol. The first kappa shape index (κ1) is 16.3. The molecule has 3 aromatic carbocycles. The summed E-state index contributed by atoms with van der Waals surface area (Å²) in [5.74, 6) is 1.38. The van der Waals surface area contributed by atoms with Gasteiger partial charge in [0.2, 0.25) is 0 Å². The molecule has 0 aliphatic heterocycles. The maximum Gasteiger partial charge on any atom is 0.198 e. The second-order valence-electron chi connectivity index (χ2n) is 6.24. The lowest BCUT2D eigenvalue weighted by molar-refractivity contribution is 0.104. The van der Waals surface area contributed by atoms with Gasteiger partial charge in [-0.25, -0.2) is 0 Å². The number of hydrogen-bond acceptors (Lipinski definition) is 5. The smallest absolute Gasteiger partial charge is 0.198 e. The van der Waals surface area contributed by atoms with Crippen molar-refractivity contribution < 1.29 is 24.1 Å². The van der Waals surface area contributed by atoms with Gasteiger partial charge in [-0.05, 0) is 30.7 Å². The van der Waals surface area contributed by atoms with Crippen molar-refractivity contribution in [3.05, 3.63) is 47.0 Å². The maximum atomic E-state index is 13.2. The molecule has 1 N–H and O–H groups in total. The number of hydrogen-bond donors (Lipinski definition) is 1. The van der Waals surface area contributed by atoms with E-state index in [1.54, 1.807) is 26.4 Å². The fourth-order valence-electron chi connectivity index (χ4n) is 3.83. The Morgan fingerprint density at radius 2 is 1.62 bits per heavy atom. The number of rotatable bonds is 3. The average molecular weight is 350 g/mol. The number of phenols is 1. The molecule has 0 saturated carbocycles. The summed E-state index contributed by atoms with van der Waals surface area (Å²) in [4.78, 5) is 13.2. The van der Waals surface area contributed by atoms with Crippen molar-refractivity contribution in [1.82, 2.24) is 0 Å². The Kier molecular flexibility index (Phi) is 3.54. The van der Waals surface area contributed by atoms with E-state index in [9.17, 15) is 9.90 Å². The van der Waals surface area contributed by atoms with Crippen LogP contribution in [0.15, 0.2) is 30.3 Å². The van der Waals surface area contributed by atoms with Crippen molar-refractivity contribution in [3.8, 4) is 34.1 Å². The molecule has 1 aliphatic carbocycles. The molecule has 1 aliphatic rings. The van der Waals surface area contributed by atoms with Crippen LogP contribution in [0.25, 0.3) is 21.9 Å². The van der Waals surface area contributed by atoms with Crippen LogP contribution in [0.1, 0.15) is 21.5 Å². The molecule has 3 aromatic rings. The van der Waals surface area contributed by atoms with Crippen LogP contribution >= 0.6 is 0 Å². The minimum absolute atomic E-state index is 0.0506. The number of fused-ring (bicyclic) bond motifs is 4. The normalized spacial score (nSPS) is 12.1. The third-order valence-electron chi connectivity index (χ3n) is 4.81. The molecule has 0 amide bonds. The topological polar surface area (TPSA) is 65.0 Å². The molecule has 5 heteroatoms. The summed E-state index contributed by atoms with van der Waals surface area (Å²) in [6.45, 7) is 1.84. The molecular weight excluding hydrogens is 332 g/mol. The summed E-state index contributed by atoms with van der Waals surface area (Å²) in [5, 5.41) is 12.0. The van der Waals surface area contributed by atoms with Crippen LogP contribution < -0.4 is 14.2 Å². The third-order valence-corrected chi connectivity index (χ3v) is 4.81. The second-order valence-corrected chi connectivity index (χ2v) is 6.24. The average Bonchev–Trinajstić information content (AvgIpc) is 2.92. The highest BCUT2D eigenvalue weighted by molar-refractivity contribution is 6.28. The number of benzene rings is 3. The molecular formula is C21H18O5. The zero-order valence-corrected chi connectivity index (χ0v) is 15.0. The number of ketones is 1. The second kappa shape index (κ2) is 5.66. The lowest BCUT2D eigenvalue weighted by Gasteiger charge is -2.18. The Balaban J connectivity index is 2.27. The molecule has 0 spiro atoms. The summed E-state index contributed by atoms with van der Waals surface area (Å²) in [5.41, 5.74) is 2.68. The van der Waals surface area contributed by atoms with Gasteiger partial charge in [0.05, 0.1) is 32.3 Å². The van der Waals surface area contributed by atoms with E-state index >= 15 is 0 Å². The Bertz CT molecular complexity index is 1080. The van der Waals surface area contributed by atoms with Crippen molar-refractivity contribution >= 4 is 16.6 Å². The van der Waals surface area contributed by atoms with Crippen LogP contribution in [0.5, 0.6) is 23.0 Å². The summed E-state index contributed by atoms with van der Waals surface area (Å²) in [6.07, 6.45) is 0. The van der Waals surface area contributed by atoms with Gasteiger partial charge in [0.1, 0.15) is 23.0 Å². The minimum atomic E-state index is -0.197.